The van der Waals surface area contributed by atoms with Gasteiger partial charge in [-0.3, -0.25) is 9.59 Å². The summed E-state index contributed by atoms with van der Waals surface area (Å²) >= 11 is 0. The first-order valence-corrected chi connectivity index (χ1v) is 36.6. The van der Waals surface area contributed by atoms with Gasteiger partial charge in [0.25, 0.3) is 5.79 Å². The molecule has 0 aliphatic carbocycles. The van der Waals surface area contributed by atoms with E-state index in [1.807, 2.05) is 6.08 Å². The van der Waals surface area contributed by atoms with Crippen molar-refractivity contribution >= 4 is 17.8 Å². The molecule has 0 radical (unpaired) electrons. The van der Waals surface area contributed by atoms with Gasteiger partial charge in [0.15, 0.2) is 12.6 Å². The molecule has 0 aromatic carbocycles. The minimum Gasteiger partial charge on any atom is -0.477 e. The fourth-order valence-corrected chi connectivity index (χ4v) is 12.9. The topological polar surface area (TPSA) is 373 Å². The average molecular weight is 1340 g/mol. The highest BCUT2D eigenvalue weighted by atomic mass is 16.8. The number of aliphatic hydroxyl groups excluding tert-OH is 11. The number of hydrogen-bond donors (Lipinski definition) is 14. The Hall–Kier alpha value is -2.53. The van der Waals surface area contributed by atoms with E-state index >= 15 is 0 Å². The van der Waals surface area contributed by atoms with E-state index in [2.05, 4.69) is 24.5 Å². The maximum absolute atomic E-state index is 13.5. The first-order chi connectivity index (χ1) is 44.9. The average Bonchev–Trinajstić information content (AvgIpc) is 0.765. The Balaban J connectivity index is 1.58. The van der Waals surface area contributed by atoms with Gasteiger partial charge in [-0.2, -0.15) is 0 Å². The van der Waals surface area contributed by atoms with Gasteiger partial charge in [-0.1, -0.05) is 251 Å². The Morgan fingerprint density at radius 2 is 1.00 bits per heavy atom. The smallest absolute Gasteiger partial charge is 0.364 e. The predicted octanol–water partition coefficient (Wildman–Crippen LogP) is 7.46. The van der Waals surface area contributed by atoms with Gasteiger partial charge in [-0.15, -0.1) is 0 Å². The van der Waals surface area contributed by atoms with Gasteiger partial charge in [-0.05, 0) is 19.3 Å². The van der Waals surface area contributed by atoms with Crippen molar-refractivity contribution in [2.45, 2.75) is 387 Å². The van der Waals surface area contributed by atoms with Crippen LogP contribution in [0.15, 0.2) is 12.2 Å². The lowest BCUT2D eigenvalue weighted by atomic mass is 9.88. The SMILES string of the molecule is CCCCCCCCCCCCCCCCCCCCCCC/C=C/C(O)C(COC1OC(CO)C(OC2OC(CO)C(O)C(OC3(C(=O)O)CC(O)C(NC(C)=O)C(C(O)C(O)CO)O3)C2O)C(O)C1O)NC(=O)CCCCCCCCCCCCCCCCCC. The van der Waals surface area contributed by atoms with Crippen LogP contribution in [0.25, 0.3) is 0 Å². The molecule has 3 aliphatic heterocycles. The minimum atomic E-state index is -3.08. The number of aliphatic hydroxyl groups is 11. The highest BCUT2D eigenvalue weighted by molar-refractivity contribution is 5.77. The van der Waals surface area contributed by atoms with Crippen LogP contribution in [0.4, 0.5) is 0 Å². The zero-order chi connectivity index (χ0) is 68.2. The second-order valence-corrected chi connectivity index (χ2v) is 26.8. The normalized spacial score (nSPS) is 28.1. The molecule has 3 heterocycles. The van der Waals surface area contributed by atoms with Crippen LogP contribution in [-0.4, -0.2) is 215 Å². The van der Waals surface area contributed by atoms with E-state index in [4.69, 9.17) is 28.4 Å². The zero-order valence-corrected chi connectivity index (χ0v) is 57.1. The maximum Gasteiger partial charge on any atom is 0.364 e. The lowest BCUT2D eigenvalue weighted by Gasteiger charge is -2.50. The number of nitrogens with one attached hydrogen (secondary N) is 2. The van der Waals surface area contributed by atoms with Crippen molar-refractivity contribution in [1.82, 2.24) is 10.6 Å². The Kier molecular flexibility index (Phi) is 46.2. The lowest BCUT2D eigenvalue weighted by Crippen LogP contribution is -2.70. The summed E-state index contributed by atoms with van der Waals surface area (Å²) in [5.74, 6) is -6.13. The number of allylic oxidation sites excluding steroid dienone is 1. The van der Waals surface area contributed by atoms with Crippen molar-refractivity contribution in [1.29, 1.82) is 0 Å². The van der Waals surface area contributed by atoms with Crippen LogP contribution in [0.3, 0.4) is 0 Å². The quantitative estimate of drug-likeness (QED) is 0.0207. The molecule has 2 amide bonds. The monoisotopic (exact) mass is 1330 g/mol. The van der Waals surface area contributed by atoms with Crippen LogP contribution < -0.4 is 10.6 Å². The highest BCUT2D eigenvalue weighted by Crippen LogP contribution is 2.39. The Morgan fingerprint density at radius 1 is 0.559 bits per heavy atom. The van der Waals surface area contributed by atoms with Crippen LogP contribution >= 0.6 is 0 Å². The van der Waals surface area contributed by atoms with Crippen molar-refractivity contribution < 1.29 is 104 Å². The Bertz CT molecular complexity index is 1930. The van der Waals surface area contributed by atoms with Crippen molar-refractivity contribution in [3.8, 4) is 0 Å². The molecule has 23 heteroatoms. The Labute approximate surface area is 556 Å². The number of hydrogen-bond acceptors (Lipinski definition) is 20. The molecule has 93 heavy (non-hydrogen) atoms. The molecule has 0 saturated carbocycles. The third-order valence-electron chi connectivity index (χ3n) is 18.7. The molecule has 23 nitrogen and oxygen atoms in total. The number of carbonyl (C=O) groups excluding carboxylic acids is 2. The molecule has 3 fully saturated rings. The first kappa shape index (κ1) is 84.7. The van der Waals surface area contributed by atoms with Gasteiger partial charge in [0.2, 0.25) is 11.8 Å². The van der Waals surface area contributed by atoms with Gasteiger partial charge >= 0.3 is 5.97 Å². The summed E-state index contributed by atoms with van der Waals surface area (Å²) < 4.78 is 34.8. The number of amides is 2. The molecular formula is C70H130N2O21. The van der Waals surface area contributed by atoms with E-state index in [1.165, 1.54) is 186 Å². The Morgan fingerprint density at radius 3 is 1.43 bits per heavy atom. The number of carbonyl (C=O) groups is 3. The summed E-state index contributed by atoms with van der Waals surface area (Å²) in [5, 5.41) is 136. The van der Waals surface area contributed by atoms with Crippen LogP contribution in [0, 0.1) is 0 Å². The summed E-state index contributed by atoms with van der Waals surface area (Å²) in [5.41, 5.74) is 0. The standard InChI is InChI=1S/C70H130N2O21/c1-4-6-8-10-12-14-16-18-20-22-23-24-25-26-27-28-29-31-33-35-37-39-41-43-52(77)51(72-57(80)44-42-40-38-36-34-32-30-21-19-17-15-13-11-9-7-5-2)49-88-67-62(84)61(83)64(56(48-75)90-67)91-68-63(85)66(60(82)55(47-74)89-68)93-70(69(86)87)45-53(78)58(71-50(3)76)65(92-70)59(81)54(79)46-73/h41,43,51-56,58-68,73-75,77-79,81-85H,4-40,42,44-49H2,1-3H3,(H,71,76)(H,72,80)(H,86,87)/b43-41+. The van der Waals surface area contributed by atoms with Crippen molar-refractivity contribution in [2.75, 3.05) is 26.4 Å². The number of rotatable bonds is 56. The summed E-state index contributed by atoms with van der Waals surface area (Å²) in [6.07, 6.45) is 21.1. The van der Waals surface area contributed by atoms with Crippen LogP contribution in [0.5, 0.6) is 0 Å². The van der Waals surface area contributed by atoms with Gasteiger partial charge in [0.1, 0.15) is 67.1 Å². The fourth-order valence-electron chi connectivity index (χ4n) is 12.9. The van der Waals surface area contributed by atoms with E-state index in [1.54, 1.807) is 6.08 Å². The number of ether oxygens (including phenoxy) is 6. The van der Waals surface area contributed by atoms with Crippen LogP contribution in [0.2, 0.25) is 0 Å². The van der Waals surface area contributed by atoms with Crippen LogP contribution in [-0.2, 0) is 42.8 Å². The summed E-state index contributed by atoms with van der Waals surface area (Å²) in [4.78, 5) is 38.6. The summed E-state index contributed by atoms with van der Waals surface area (Å²) in [6.45, 7) is 2.17. The second kappa shape index (κ2) is 50.7. The van der Waals surface area contributed by atoms with Gasteiger partial charge in [0.05, 0.1) is 50.7 Å². The van der Waals surface area contributed by atoms with E-state index in [9.17, 15) is 75.7 Å². The van der Waals surface area contributed by atoms with E-state index in [0.717, 1.165) is 51.9 Å². The van der Waals surface area contributed by atoms with E-state index in [0.29, 0.717) is 12.8 Å². The maximum atomic E-state index is 13.5. The molecule has 3 aliphatic rings. The van der Waals surface area contributed by atoms with Gasteiger partial charge in [0, 0.05) is 19.8 Å². The van der Waals surface area contributed by atoms with E-state index < -0.39 is 155 Å². The molecule has 0 spiro atoms. The molecule has 18 unspecified atom stereocenters. The predicted molar refractivity (Wildman–Crippen MR) is 352 cm³/mol. The largest absolute Gasteiger partial charge is 0.477 e. The highest BCUT2D eigenvalue weighted by Gasteiger charge is 2.60. The summed E-state index contributed by atoms with van der Waals surface area (Å²) in [7, 11) is 0. The minimum absolute atomic E-state index is 0.205. The van der Waals surface area contributed by atoms with Gasteiger partial charge in [-0.25, -0.2) is 4.79 Å². The molecule has 18 atom stereocenters. The number of carboxylic acid groups (broad SMARTS) is 1. The molecule has 0 bridgehead atoms. The number of carboxylic acids is 1. The fraction of sp³-hybridized carbons (Fsp3) is 0.929. The lowest BCUT2D eigenvalue weighted by molar-refractivity contribution is -0.386. The van der Waals surface area contributed by atoms with Crippen molar-refractivity contribution in [3.05, 3.63) is 12.2 Å². The molecule has 3 rings (SSSR count). The molecule has 14 N–H and O–H groups in total. The number of unbranched alkanes of at least 4 members (excludes halogenated alkanes) is 36. The number of aliphatic carboxylic acids is 1. The van der Waals surface area contributed by atoms with Crippen molar-refractivity contribution in [3.63, 3.8) is 0 Å². The first-order valence-electron chi connectivity index (χ1n) is 36.6. The zero-order valence-electron chi connectivity index (χ0n) is 57.1. The van der Waals surface area contributed by atoms with Crippen molar-refractivity contribution in [2.24, 2.45) is 0 Å². The molecule has 0 aromatic rings. The molecule has 3 saturated heterocycles. The van der Waals surface area contributed by atoms with Gasteiger partial charge < -0.3 is 100 Å². The third kappa shape index (κ3) is 32.8. The molecule has 0 aromatic heterocycles. The third-order valence-corrected chi connectivity index (χ3v) is 18.7. The van der Waals surface area contributed by atoms with E-state index in [-0.39, 0.29) is 12.3 Å². The second-order valence-electron chi connectivity index (χ2n) is 26.8. The summed E-state index contributed by atoms with van der Waals surface area (Å²) in [6, 6.07) is -2.61. The molecular weight excluding hydrogens is 1200 g/mol. The van der Waals surface area contributed by atoms with Crippen LogP contribution in [0.1, 0.15) is 278 Å². The molecule has 546 valence electrons.